The number of hydrogen-bond acceptors (Lipinski definition) is 6. The Balaban J connectivity index is 1.25. The number of ether oxygens (including phenoxy) is 3. The highest BCUT2D eigenvalue weighted by Gasteiger charge is 2.85. The van der Waals surface area contributed by atoms with Gasteiger partial charge >= 0.3 is 24.1 Å². The molecule has 55 heavy (non-hydrogen) atoms. The third kappa shape index (κ3) is 10.4. The fourth-order valence-corrected chi connectivity index (χ4v) is 10.7. The van der Waals surface area contributed by atoms with Crippen LogP contribution < -0.4 is 4.74 Å². The van der Waals surface area contributed by atoms with Gasteiger partial charge in [0, 0.05) is 18.7 Å². The molecule has 6 atom stereocenters. The predicted molar refractivity (Wildman–Crippen MR) is 193 cm³/mol. The van der Waals surface area contributed by atoms with Gasteiger partial charge in [-0.1, -0.05) is 26.3 Å². The summed E-state index contributed by atoms with van der Waals surface area (Å²) in [6.07, 6.45) is -12.2. The van der Waals surface area contributed by atoms with Crippen LogP contribution in [0.2, 0.25) is 0 Å². The maximum absolute atomic E-state index is 13.2. The SMILES string of the molecule is CCCCOP(OCCCCOc1ccc2c(c1)CC[C@@H]1[C@@H]2CC[C@]2(C)[C@@H](OCCCOC(C(F)(F)F)(C(F)(F)F)C(F)(F)F)CC[C@@H]12)N(C(C)C)C(C)C. The molecule has 0 N–H and O–H groups in total. The molecule has 1 aromatic rings. The Morgan fingerprint density at radius 3 is 1.98 bits per heavy atom. The average molecular weight is 824 g/mol. The standard InChI is InChI=1S/C39H59F9NO5P/c1-7-8-23-53-55(49(26(2)3)27(4)5)54-24-10-9-20-50-29-13-15-30-28(25-29)12-14-32-31(30)18-19-35(6)33(32)16-17-34(35)51-21-11-22-52-36(37(40,41)42,38(43,44)45)39(46,47)48/h13,15,25-27,31-34H,7-12,14,16-24H2,1-6H3/t31-,32-,33+,34+,35+,55?/m1/s1. The molecule has 1 unspecified atom stereocenters. The summed E-state index contributed by atoms with van der Waals surface area (Å²) < 4.78 is 149. The second-order valence-electron chi connectivity index (χ2n) is 16.0. The summed E-state index contributed by atoms with van der Waals surface area (Å²) in [4.78, 5) is 0. The first kappa shape index (κ1) is 46.3. The Labute approximate surface area is 321 Å². The first-order valence-electron chi connectivity index (χ1n) is 19.7. The lowest BCUT2D eigenvalue weighted by atomic mass is 9.55. The van der Waals surface area contributed by atoms with Gasteiger partial charge in [0.1, 0.15) is 5.75 Å². The number of fused-ring (bicyclic) bond motifs is 5. The molecule has 0 bridgehead atoms. The summed E-state index contributed by atoms with van der Waals surface area (Å²) in [5.74, 6) is 1.88. The Kier molecular flexibility index (Phi) is 16.1. The molecule has 2 saturated carbocycles. The quantitative estimate of drug-likeness (QED) is 0.0742. The first-order chi connectivity index (χ1) is 25.7. The van der Waals surface area contributed by atoms with Crippen LogP contribution in [-0.2, 0) is 24.9 Å². The molecule has 4 rings (SSSR count). The van der Waals surface area contributed by atoms with Gasteiger partial charge in [-0.3, -0.25) is 0 Å². The van der Waals surface area contributed by atoms with Crippen molar-refractivity contribution in [1.29, 1.82) is 0 Å². The number of benzene rings is 1. The highest BCUT2D eigenvalue weighted by Crippen LogP contribution is 2.62. The number of alkyl halides is 9. The van der Waals surface area contributed by atoms with Gasteiger partial charge in [0.2, 0.25) is 0 Å². The summed E-state index contributed by atoms with van der Waals surface area (Å²) >= 11 is 0. The van der Waals surface area contributed by atoms with Gasteiger partial charge in [-0.05, 0) is 138 Å². The normalized spacial score (nSPS) is 25.3. The van der Waals surface area contributed by atoms with Gasteiger partial charge in [-0.2, -0.15) is 39.5 Å². The van der Waals surface area contributed by atoms with E-state index in [4.69, 9.17) is 18.5 Å². The highest BCUT2D eigenvalue weighted by molar-refractivity contribution is 7.44. The van der Waals surface area contributed by atoms with Crippen molar-refractivity contribution in [1.82, 2.24) is 4.67 Å². The molecule has 2 fully saturated rings. The topological polar surface area (TPSA) is 49.4 Å². The number of unbranched alkanes of at least 4 members (excludes halogenated alkanes) is 2. The fraction of sp³-hybridized carbons (Fsp3) is 0.846. The van der Waals surface area contributed by atoms with E-state index in [1.807, 2.05) is 6.07 Å². The Morgan fingerprint density at radius 2 is 1.38 bits per heavy atom. The predicted octanol–water partition coefficient (Wildman–Crippen LogP) is 12.1. The van der Waals surface area contributed by atoms with E-state index in [0.717, 1.165) is 63.5 Å². The van der Waals surface area contributed by atoms with E-state index in [-0.39, 0.29) is 18.1 Å². The molecule has 16 heteroatoms. The number of hydrogen-bond donors (Lipinski definition) is 0. The van der Waals surface area contributed by atoms with Crippen LogP contribution in [-0.4, -0.2) is 80.0 Å². The minimum Gasteiger partial charge on any atom is -0.494 e. The van der Waals surface area contributed by atoms with Crippen molar-refractivity contribution >= 4 is 8.53 Å². The van der Waals surface area contributed by atoms with Gasteiger partial charge in [0.25, 0.3) is 8.53 Å². The molecule has 0 heterocycles. The van der Waals surface area contributed by atoms with Crippen LogP contribution in [0.25, 0.3) is 0 Å². The molecular weight excluding hydrogens is 764 g/mol. The van der Waals surface area contributed by atoms with Gasteiger partial charge in [-0.25, -0.2) is 4.67 Å². The smallest absolute Gasteiger partial charge is 0.435 e. The molecule has 6 nitrogen and oxygen atoms in total. The van der Waals surface area contributed by atoms with Gasteiger partial charge < -0.3 is 23.3 Å². The van der Waals surface area contributed by atoms with Crippen molar-refractivity contribution in [2.45, 2.75) is 160 Å². The molecule has 0 spiro atoms. The maximum Gasteiger partial charge on any atom is 0.435 e. The lowest BCUT2D eigenvalue weighted by Crippen LogP contribution is -2.67. The summed E-state index contributed by atoms with van der Waals surface area (Å²) in [5, 5.41) is 0. The molecule has 0 radical (unpaired) electrons. The van der Waals surface area contributed by atoms with Gasteiger partial charge in [-0.15, -0.1) is 0 Å². The first-order valence-corrected chi connectivity index (χ1v) is 20.9. The highest BCUT2D eigenvalue weighted by atomic mass is 31.2. The third-order valence-electron chi connectivity index (χ3n) is 11.7. The summed E-state index contributed by atoms with van der Waals surface area (Å²) in [5.41, 5.74) is -3.92. The lowest BCUT2D eigenvalue weighted by molar-refractivity contribution is -0.457. The number of nitrogens with zero attached hydrogens (tertiary/aromatic N) is 1. The molecule has 318 valence electrons. The van der Waals surface area contributed by atoms with E-state index in [2.05, 4.69) is 63.1 Å². The molecule has 0 amide bonds. The van der Waals surface area contributed by atoms with Crippen LogP contribution in [0.5, 0.6) is 5.75 Å². The monoisotopic (exact) mass is 823 g/mol. The Hall–Kier alpha value is -1.38. The lowest BCUT2D eigenvalue weighted by Gasteiger charge is -2.50. The van der Waals surface area contributed by atoms with E-state index < -0.39 is 45.7 Å². The van der Waals surface area contributed by atoms with Crippen LogP contribution in [0.3, 0.4) is 0 Å². The molecule has 1 aromatic carbocycles. The van der Waals surface area contributed by atoms with Crippen molar-refractivity contribution in [3.8, 4) is 5.75 Å². The van der Waals surface area contributed by atoms with E-state index in [0.29, 0.717) is 56.1 Å². The van der Waals surface area contributed by atoms with Crippen molar-refractivity contribution in [2.75, 3.05) is 33.0 Å². The third-order valence-corrected chi connectivity index (χ3v) is 13.8. The van der Waals surface area contributed by atoms with Crippen molar-refractivity contribution < 1.29 is 62.8 Å². The van der Waals surface area contributed by atoms with Gasteiger partial charge in [0.05, 0.1) is 32.5 Å². The second-order valence-corrected chi connectivity index (χ2v) is 17.5. The molecule has 3 aliphatic carbocycles. The number of aryl methyl sites for hydroxylation is 1. The van der Waals surface area contributed by atoms with Crippen LogP contribution in [0.1, 0.15) is 123 Å². The van der Waals surface area contributed by atoms with E-state index in [1.165, 1.54) is 11.1 Å². The minimum absolute atomic E-state index is 0.259. The maximum atomic E-state index is 13.2. The largest absolute Gasteiger partial charge is 0.494 e. The fourth-order valence-electron chi connectivity index (χ4n) is 9.08. The Bertz CT molecular complexity index is 1300. The Morgan fingerprint density at radius 1 is 0.764 bits per heavy atom. The van der Waals surface area contributed by atoms with E-state index >= 15 is 0 Å². The number of rotatable bonds is 20. The van der Waals surface area contributed by atoms with Crippen LogP contribution in [0.4, 0.5) is 39.5 Å². The number of halogens is 9. The second kappa shape index (κ2) is 19.1. The molecule has 0 aromatic heterocycles. The zero-order valence-electron chi connectivity index (χ0n) is 32.8. The van der Waals surface area contributed by atoms with Crippen LogP contribution in [0.15, 0.2) is 18.2 Å². The average Bonchev–Trinajstić information content (AvgIpc) is 3.41. The molecular formula is C39H59F9NO5P. The van der Waals surface area contributed by atoms with Crippen LogP contribution in [0, 0.1) is 17.3 Å². The molecule has 0 aliphatic heterocycles. The molecule has 0 saturated heterocycles. The summed E-state index contributed by atoms with van der Waals surface area (Å²) in [6, 6.07) is 6.97. The van der Waals surface area contributed by atoms with E-state index in [1.54, 1.807) is 0 Å². The van der Waals surface area contributed by atoms with E-state index in [9.17, 15) is 39.5 Å². The zero-order valence-corrected chi connectivity index (χ0v) is 33.7. The van der Waals surface area contributed by atoms with Crippen molar-refractivity contribution in [3.63, 3.8) is 0 Å². The van der Waals surface area contributed by atoms with Gasteiger partial charge in [0.15, 0.2) is 0 Å². The minimum atomic E-state index is -6.74. The summed E-state index contributed by atoms with van der Waals surface area (Å²) in [6.45, 7) is 13.0. The van der Waals surface area contributed by atoms with Crippen molar-refractivity contribution in [3.05, 3.63) is 29.3 Å². The van der Waals surface area contributed by atoms with Crippen LogP contribution >= 0.6 is 8.53 Å². The zero-order chi connectivity index (χ0) is 40.8. The summed E-state index contributed by atoms with van der Waals surface area (Å²) in [7, 11) is -1.13. The molecule has 3 aliphatic rings. The van der Waals surface area contributed by atoms with Crippen molar-refractivity contribution in [2.24, 2.45) is 17.3 Å².